The van der Waals surface area contributed by atoms with Gasteiger partial charge < -0.3 is 19.9 Å². The van der Waals surface area contributed by atoms with Crippen LogP contribution in [0, 0.1) is 0 Å². The number of benzene rings is 2. The molecule has 0 radical (unpaired) electrons. The van der Waals surface area contributed by atoms with Gasteiger partial charge in [0.15, 0.2) is 6.10 Å². The maximum absolute atomic E-state index is 12.1. The van der Waals surface area contributed by atoms with E-state index in [0.717, 1.165) is 5.56 Å². The number of hydrogen-bond donors (Lipinski definition) is 2. The topological polar surface area (TPSA) is 84.9 Å². The van der Waals surface area contributed by atoms with Gasteiger partial charge in [-0.15, -0.1) is 0 Å². The summed E-state index contributed by atoms with van der Waals surface area (Å²) < 4.78 is 10.1. The van der Waals surface area contributed by atoms with Gasteiger partial charge in [-0.25, -0.2) is 4.79 Å². The van der Waals surface area contributed by atoms with Crippen LogP contribution in [0.1, 0.15) is 22.8 Å². The molecule has 132 valence electrons. The lowest BCUT2D eigenvalue weighted by molar-refractivity contribution is -0.129. The summed E-state index contributed by atoms with van der Waals surface area (Å²) in [5, 5.41) is 12.6. The summed E-state index contributed by atoms with van der Waals surface area (Å²) in [6.45, 7) is 1.93. The van der Waals surface area contributed by atoms with Crippen LogP contribution in [0.15, 0.2) is 48.5 Å². The molecule has 0 fully saturated rings. The Kier molecular flexibility index (Phi) is 6.39. The number of carbonyl (C=O) groups excluding carboxylic acids is 2. The fraction of sp³-hybridized carbons (Fsp3) is 0.263. The van der Waals surface area contributed by atoms with Crippen molar-refractivity contribution in [1.82, 2.24) is 5.32 Å². The SMILES string of the molecule is COc1ccc(C(=O)O[C@@H](C)C(=O)NCCc2ccccc2)c(O)c1. The van der Waals surface area contributed by atoms with Gasteiger partial charge in [-0.1, -0.05) is 30.3 Å². The smallest absolute Gasteiger partial charge is 0.342 e. The highest BCUT2D eigenvalue weighted by Gasteiger charge is 2.21. The van der Waals surface area contributed by atoms with E-state index >= 15 is 0 Å². The number of methoxy groups -OCH3 is 1. The number of amides is 1. The van der Waals surface area contributed by atoms with Crippen LogP contribution in [0.3, 0.4) is 0 Å². The zero-order valence-electron chi connectivity index (χ0n) is 14.2. The monoisotopic (exact) mass is 343 g/mol. The van der Waals surface area contributed by atoms with Crippen molar-refractivity contribution < 1.29 is 24.2 Å². The molecule has 0 spiro atoms. The van der Waals surface area contributed by atoms with Crippen LogP contribution in [0.25, 0.3) is 0 Å². The Morgan fingerprint density at radius 1 is 1.16 bits per heavy atom. The highest BCUT2D eigenvalue weighted by Crippen LogP contribution is 2.24. The van der Waals surface area contributed by atoms with Crippen LogP contribution >= 0.6 is 0 Å². The summed E-state index contributed by atoms with van der Waals surface area (Å²) in [7, 11) is 1.45. The van der Waals surface area contributed by atoms with Crippen molar-refractivity contribution in [2.75, 3.05) is 13.7 Å². The van der Waals surface area contributed by atoms with Crippen LogP contribution in [0.5, 0.6) is 11.5 Å². The minimum Gasteiger partial charge on any atom is -0.507 e. The number of phenols is 1. The third-order valence-electron chi connectivity index (χ3n) is 3.63. The standard InChI is InChI=1S/C19H21NO5/c1-13(18(22)20-11-10-14-6-4-3-5-7-14)25-19(23)16-9-8-15(24-2)12-17(16)21/h3-9,12-13,21H,10-11H2,1-2H3,(H,20,22)/t13-/m0/s1. The first-order valence-electron chi connectivity index (χ1n) is 7.91. The molecule has 0 bridgehead atoms. The highest BCUT2D eigenvalue weighted by molar-refractivity contribution is 5.94. The molecule has 2 rings (SSSR count). The van der Waals surface area contributed by atoms with Crippen molar-refractivity contribution in [3.63, 3.8) is 0 Å². The second-order valence-electron chi connectivity index (χ2n) is 5.46. The van der Waals surface area contributed by atoms with Gasteiger partial charge in [-0.2, -0.15) is 0 Å². The van der Waals surface area contributed by atoms with E-state index < -0.39 is 18.0 Å². The first-order valence-corrected chi connectivity index (χ1v) is 7.91. The molecule has 1 atom stereocenters. The van der Waals surface area contributed by atoms with E-state index in [2.05, 4.69) is 5.32 Å². The zero-order chi connectivity index (χ0) is 18.2. The molecule has 0 aliphatic heterocycles. The second kappa shape index (κ2) is 8.73. The highest BCUT2D eigenvalue weighted by atomic mass is 16.5. The molecule has 1 amide bonds. The number of ether oxygens (including phenoxy) is 2. The Balaban J connectivity index is 1.84. The summed E-state index contributed by atoms with van der Waals surface area (Å²) in [5.74, 6) is -1.01. The largest absolute Gasteiger partial charge is 0.507 e. The molecule has 0 saturated carbocycles. The predicted molar refractivity (Wildman–Crippen MR) is 92.7 cm³/mol. The average molecular weight is 343 g/mol. The van der Waals surface area contributed by atoms with Crippen LogP contribution in [0.4, 0.5) is 0 Å². The van der Waals surface area contributed by atoms with Crippen LogP contribution in [-0.2, 0) is 16.0 Å². The Hall–Kier alpha value is -3.02. The van der Waals surface area contributed by atoms with Crippen LogP contribution in [0.2, 0.25) is 0 Å². The van der Waals surface area contributed by atoms with E-state index in [1.807, 2.05) is 30.3 Å². The normalized spacial score (nSPS) is 11.4. The van der Waals surface area contributed by atoms with E-state index in [4.69, 9.17) is 9.47 Å². The van der Waals surface area contributed by atoms with Gasteiger partial charge >= 0.3 is 5.97 Å². The van der Waals surface area contributed by atoms with Gasteiger partial charge in [0.05, 0.1) is 7.11 Å². The summed E-state index contributed by atoms with van der Waals surface area (Å²) in [6, 6.07) is 14.0. The molecular formula is C19H21NO5. The Morgan fingerprint density at radius 2 is 1.88 bits per heavy atom. The van der Waals surface area contributed by atoms with Gasteiger partial charge in [0.2, 0.25) is 0 Å². The van der Waals surface area contributed by atoms with Gasteiger partial charge in [-0.05, 0) is 31.0 Å². The maximum Gasteiger partial charge on any atom is 0.342 e. The first kappa shape index (κ1) is 18.3. The lowest BCUT2D eigenvalue weighted by Gasteiger charge is -2.14. The average Bonchev–Trinajstić information content (AvgIpc) is 2.62. The van der Waals surface area contributed by atoms with Crippen LogP contribution < -0.4 is 10.1 Å². The van der Waals surface area contributed by atoms with Crippen molar-refractivity contribution in [2.24, 2.45) is 0 Å². The number of carbonyl (C=O) groups is 2. The van der Waals surface area contributed by atoms with E-state index in [9.17, 15) is 14.7 Å². The van der Waals surface area contributed by atoms with E-state index in [0.29, 0.717) is 18.7 Å². The third kappa shape index (κ3) is 5.24. The third-order valence-corrected chi connectivity index (χ3v) is 3.63. The molecule has 2 aromatic carbocycles. The van der Waals surface area contributed by atoms with Crippen molar-refractivity contribution in [2.45, 2.75) is 19.4 Å². The number of esters is 1. The van der Waals surface area contributed by atoms with Crippen molar-refractivity contribution in [3.8, 4) is 11.5 Å². The molecule has 0 aliphatic rings. The van der Waals surface area contributed by atoms with E-state index in [-0.39, 0.29) is 11.3 Å². The lowest BCUT2D eigenvalue weighted by Crippen LogP contribution is -2.36. The molecule has 2 N–H and O–H groups in total. The van der Waals surface area contributed by atoms with Gasteiger partial charge in [0, 0.05) is 12.6 Å². The maximum atomic E-state index is 12.1. The predicted octanol–water partition coefficient (Wildman–Crippen LogP) is 2.30. The molecule has 0 unspecified atom stereocenters. The minimum absolute atomic E-state index is 0.0234. The molecule has 0 aromatic heterocycles. The number of hydrogen-bond acceptors (Lipinski definition) is 5. The van der Waals surface area contributed by atoms with Crippen molar-refractivity contribution in [3.05, 3.63) is 59.7 Å². The summed E-state index contributed by atoms with van der Waals surface area (Å²) in [5.41, 5.74) is 1.08. The lowest BCUT2D eigenvalue weighted by atomic mass is 10.1. The number of nitrogens with one attached hydrogen (secondary N) is 1. The molecule has 25 heavy (non-hydrogen) atoms. The molecule has 2 aromatic rings. The molecule has 0 heterocycles. The van der Waals surface area contributed by atoms with Crippen molar-refractivity contribution in [1.29, 1.82) is 0 Å². The fourth-order valence-electron chi connectivity index (χ4n) is 2.21. The quantitative estimate of drug-likeness (QED) is 0.754. The summed E-state index contributed by atoms with van der Waals surface area (Å²) >= 11 is 0. The molecular weight excluding hydrogens is 322 g/mol. The van der Waals surface area contributed by atoms with Crippen LogP contribution in [-0.4, -0.2) is 36.7 Å². The Morgan fingerprint density at radius 3 is 2.52 bits per heavy atom. The molecule has 0 saturated heterocycles. The van der Waals surface area contributed by atoms with E-state index in [1.165, 1.54) is 32.2 Å². The molecule has 0 aliphatic carbocycles. The Bertz CT molecular complexity index is 730. The van der Waals surface area contributed by atoms with Crippen molar-refractivity contribution >= 4 is 11.9 Å². The summed E-state index contributed by atoms with van der Waals surface area (Å²) in [6.07, 6.45) is -0.281. The summed E-state index contributed by atoms with van der Waals surface area (Å²) in [4.78, 5) is 24.1. The number of phenolic OH excluding ortho intramolecular Hbond substituents is 1. The first-order chi connectivity index (χ1) is 12.0. The molecule has 6 nitrogen and oxygen atoms in total. The second-order valence-corrected chi connectivity index (χ2v) is 5.46. The zero-order valence-corrected chi connectivity index (χ0v) is 14.2. The van der Waals surface area contributed by atoms with Gasteiger partial charge in [-0.3, -0.25) is 4.79 Å². The molecule has 6 heteroatoms. The fourth-order valence-corrected chi connectivity index (χ4v) is 2.21. The van der Waals surface area contributed by atoms with E-state index in [1.54, 1.807) is 0 Å². The number of aromatic hydroxyl groups is 1. The minimum atomic E-state index is -0.968. The Labute approximate surface area is 146 Å². The number of rotatable bonds is 7. The van der Waals surface area contributed by atoms with Gasteiger partial charge in [0.1, 0.15) is 17.1 Å². The van der Waals surface area contributed by atoms with Gasteiger partial charge in [0.25, 0.3) is 5.91 Å².